The van der Waals surface area contributed by atoms with Crippen molar-refractivity contribution in [1.29, 1.82) is 0 Å². The number of esters is 1. The number of rotatable bonds is 8. The van der Waals surface area contributed by atoms with Gasteiger partial charge in [0, 0.05) is 5.69 Å². The molecule has 0 aliphatic heterocycles. The normalized spacial score (nSPS) is 10.3. The number of aryl methyl sites for hydroxylation is 3. The predicted octanol–water partition coefficient (Wildman–Crippen LogP) is 2.02. The van der Waals surface area contributed by atoms with Crippen LogP contribution in [-0.4, -0.2) is 36.1 Å². The fraction of sp³-hybridized carbons (Fsp3) is 0.368. The Bertz CT molecular complexity index is 829. The number of aromatic nitrogens is 1. The summed E-state index contributed by atoms with van der Waals surface area (Å²) in [5, 5.41) is 8.93. The van der Waals surface area contributed by atoms with Crippen molar-refractivity contribution < 1.29 is 23.6 Å². The molecule has 2 rings (SSSR count). The summed E-state index contributed by atoms with van der Waals surface area (Å²) in [4.78, 5) is 35.9. The van der Waals surface area contributed by atoms with Crippen LogP contribution in [0.2, 0.25) is 0 Å². The van der Waals surface area contributed by atoms with Crippen LogP contribution < -0.4 is 10.6 Å². The summed E-state index contributed by atoms with van der Waals surface area (Å²) < 4.78 is 9.94. The largest absolute Gasteiger partial charge is 0.452 e. The molecule has 0 saturated carbocycles. The van der Waals surface area contributed by atoms with Crippen molar-refractivity contribution in [2.24, 2.45) is 0 Å². The maximum atomic E-state index is 12.1. The van der Waals surface area contributed by atoms with Crippen molar-refractivity contribution >= 4 is 23.5 Å². The van der Waals surface area contributed by atoms with Gasteiger partial charge in [-0.25, -0.2) is 4.79 Å². The third kappa shape index (κ3) is 5.40. The van der Waals surface area contributed by atoms with Crippen LogP contribution in [0.4, 0.5) is 5.69 Å². The van der Waals surface area contributed by atoms with Gasteiger partial charge in [-0.15, -0.1) is 0 Å². The summed E-state index contributed by atoms with van der Waals surface area (Å²) in [7, 11) is 0. The van der Waals surface area contributed by atoms with E-state index < -0.39 is 18.5 Å². The lowest BCUT2D eigenvalue weighted by Crippen LogP contribution is -2.35. The Morgan fingerprint density at radius 2 is 1.85 bits per heavy atom. The summed E-state index contributed by atoms with van der Waals surface area (Å²) >= 11 is 0. The molecule has 2 amide bonds. The molecule has 0 unspecified atom stereocenters. The van der Waals surface area contributed by atoms with E-state index in [1.165, 1.54) is 0 Å². The molecular formula is C19H23N3O5. The Hall–Kier alpha value is -3.16. The first kappa shape index (κ1) is 20.2. The van der Waals surface area contributed by atoms with Crippen LogP contribution in [0.15, 0.2) is 28.8 Å². The number of para-hydroxylation sites is 1. The van der Waals surface area contributed by atoms with Gasteiger partial charge in [-0.05, 0) is 31.4 Å². The minimum Gasteiger partial charge on any atom is -0.452 e. The van der Waals surface area contributed by atoms with E-state index >= 15 is 0 Å². The summed E-state index contributed by atoms with van der Waals surface area (Å²) in [6.07, 6.45) is 1.29. The minimum atomic E-state index is -0.679. The molecule has 0 radical (unpaired) electrons. The third-order valence-electron chi connectivity index (χ3n) is 3.93. The Labute approximate surface area is 157 Å². The van der Waals surface area contributed by atoms with Crippen molar-refractivity contribution in [3.05, 3.63) is 46.8 Å². The highest BCUT2D eigenvalue weighted by atomic mass is 16.5. The maximum Gasteiger partial charge on any atom is 0.344 e. The van der Waals surface area contributed by atoms with Gasteiger partial charge in [0.2, 0.25) is 5.91 Å². The van der Waals surface area contributed by atoms with E-state index in [0.717, 1.165) is 12.0 Å². The summed E-state index contributed by atoms with van der Waals surface area (Å²) in [6, 6.07) is 7.44. The number of carbonyl (C=O) groups excluding carboxylic acids is 3. The number of amides is 2. The van der Waals surface area contributed by atoms with E-state index in [1.807, 2.05) is 32.0 Å². The Balaban J connectivity index is 1.80. The zero-order chi connectivity index (χ0) is 19.8. The van der Waals surface area contributed by atoms with Crippen molar-refractivity contribution in [1.82, 2.24) is 10.5 Å². The van der Waals surface area contributed by atoms with E-state index in [9.17, 15) is 14.4 Å². The quantitative estimate of drug-likeness (QED) is 0.685. The number of hydrogen-bond donors (Lipinski definition) is 2. The SMILES string of the molecule is CCc1ccccc1NC(=O)CNC(=O)COC(=O)c1c(CC)noc1C. The second-order valence-electron chi connectivity index (χ2n) is 5.83. The number of ether oxygens (including phenoxy) is 1. The van der Waals surface area contributed by atoms with Gasteiger partial charge in [0.15, 0.2) is 6.61 Å². The van der Waals surface area contributed by atoms with Gasteiger partial charge in [-0.3, -0.25) is 9.59 Å². The fourth-order valence-electron chi connectivity index (χ4n) is 2.50. The number of carbonyl (C=O) groups is 3. The summed E-state index contributed by atoms with van der Waals surface area (Å²) in [5.74, 6) is -1.28. The molecule has 0 aliphatic carbocycles. The standard InChI is InChI=1S/C19H23N3O5/c1-4-13-8-6-7-9-15(13)21-16(23)10-20-17(24)11-26-19(25)18-12(3)27-22-14(18)5-2/h6-9H,4-5,10-11H2,1-3H3,(H,20,24)(H,21,23). The smallest absolute Gasteiger partial charge is 0.344 e. The molecular weight excluding hydrogens is 350 g/mol. The van der Waals surface area contributed by atoms with E-state index in [2.05, 4.69) is 15.8 Å². The zero-order valence-electron chi connectivity index (χ0n) is 15.6. The Morgan fingerprint density at radius 1 is 1.11 bits per heavy atom. The van der Waals surface area contributed by atoms with Gasteiger partial charge >= 0.3 is 5.97 Å². The zero-order valence-corrected chi connectivity index (χ0v) is 15.6. The fourth-order valence-corrected chi connectivity index (χ4v) is 2.50. The molecule has 1 aromatic heterocycles. The topological polar surface area (TPSA) is 111 Å². The lowest BCUT2D eigenvalue weighted by atomic mass is 10.1. The van der Waals surface area contributed by atoms with E-state index in [0.29, 0.717) is 23.6 Å². The third-order valence-corrected chi connectivity index (χ3v) is 3.93. The first-order valence-electron chi connectivity index (χ1n) is 8.72. The highest BCUT2D eigenvalue weighted by Crippen LogP contribution is 2.16. The number of benzene rings is 1. The molecule has 0 bridgehead atoms. The second-order valence-corrected chi connectivity index (χ2v) is 5.83. The summed E-state index contributed by atoms with van der Waals surface area (Å²) in [6.45, 7) is 4.70. The highest BCUT2D eigenvalue weighted by Gasteiger charge is 2.21. The van der Waals surface area contributed by atoms with Crippen LogP contribution in [0.25, 0.3) is 0 Å². The van der Waals surface area contributed by atoms with Gasteiger partial charge in [-0.1, -0.05) is 37.2 Å². The molecule has 1 heterocycles. The molecule has 2 N–H and O–H groups in total. The second kappa shape index (κ2) is 9.51. The van der Waals surface area contributed by atoms with Gasteiger partial charge < -0.3 is 19.9 Å². The average molecular weight is 373 g/mol. The molecule has 2 aromatic rings. The Morgan fingerprint density at radius 3 is 2.56 bits per heavy atom. The monoisotopic (exact) mass is 373 g/mol. The molecule has 0 atom stereocenters. The molecule has 0 fully saturated rings. The van der Waals surface area contributed by atoms with Gasteiger partial charge in [-0.2, -0.15) is 0 Å². The van der Waals surface area contributed by atoms with Gasteiger partial charge in [0.1, 0.15) is 11.3 Å². The average Bonchev–Trinajstić information content (AvgIpc) is 3.05. The molecule has 144 valence electrons. The number of nitrogens with zero attached hydrogens (tertiary/aromatic N) is 1. The van der Waals surface area contributed by atoms with Gasteiger partial charge in [0.25, 0.3) is 5.91 Å². The molecule has 0 saturated heterocycles. The maximum absolute atomic E-state index is 12.1. The van der Waals surface area contributed by atoms with Gasteiger partial charge in [0.05, 0.1) is 12.2 Å². The lowest BCUT2D eigenvalue weighted by molar-refractivity contribution is -0.126. The molecule has 27 heavy (non-hydrogen) atoms. The van der Waals surface area contributed by atoms with Crippen LogP contribution in [0.3, 0.4) is 0 Å². The molecule has 8 nitrogen and oxygen atoms in total. The van der Waals surface area contributed by atoms with Crippen LogP contribution in [0.5, 0.6) is 0 Å². The van der Waals surface area contributed by atoms with E-state index in [1.54, 1.807) is 13.0 Å². The Kier molecular flexibility index (Phi) is 7.10. The number of nitrogens with one attached hydrogen (secondary N) is 2. The van der Waals surface area contributed by atoms with Crippen LogP contribution in [-0.2, 0) is 27.2 Å². The molecule has 0 spiro atoms. The number of hydrogen-bond acceptors (Lipinski definition) is 6. The first-order chi connectivity index (χ1) is 13.0. The van der Waals surface area contributed by atoms with Crippen LogP contribution in [0.1, 0.15) is 41.2 Å². The van der Waals surface area contributed by atoms with Crippen molar-refractivity contribution in [3.8, 4) is 0 Å². The van der Waals surface area contributed by atoms with Crippen LogP contribution >= 0.6 is 0 Å². The first-order valence-corrected chi connectivity index (χ1v) is 8.72. The molecule has 8 heteroatoms. The van der Waals surface area contributed by atoms with E-state index in [4.69, 9.17) is 9.26 Å². The summed E-state index contributed by atoms with van der Waals surface area (Å²) in [5.41, 5.74) is 2.42. The number of anilines is 1. The van der Waals surface area contributed by atoms with Crippen molar-refractivity contribution in [2.75, 3.05) is 18.5 Å². The lowest BCUT2D eigenvalue weighted by Gasteiger charge is -2.10. The van der Waals surface area contributed by atoms with E-state index in [-0.39, 0.29) is 18.0 Å². The van der Waals surface area contributed by atoms with Crippen molar-refractivity contribution in [2.45, 2.75) is 33.6 Å². The van der Waals surface area contributed by atoms with Crippen molar-refractivity contribution in [3.63, 3.8) is 0 Å². The minimum absolute atomic E-state index is 0.221. The molecule has 0 aliphatic rings. The molecule has 1 aromatic carbocycles. The predicted molar refractivity (Wildman–Crippen MR) is 98.4 cm³/mol. The van der Waals surface area contributed by atoms with Crippen LogP contribution in [0, 0.1) is 6.92 Å². The highest BCUT2D eigenvalue weighted by molar-refractivity contribution is 5.96.